The van der Waals surface area contributed by atoms with Gasteiger partial charge in [0, 0.05) is 31.2 Å². The highest BCUT2D eigenvalue weighted by Gasteiger charge is 2.27. The standard InChI is InChI=1S/C26H24N4O3/c1-29(16-21-18-32-23-11-5-6-12-24(23)33-21)26(31)22-17-30(15-19-8-3-2-4-9-19)28-25(22)20-10-7-13-27-14-20/h2-14,17,21H,15-16,18H2,1H3/t21-/m0/s1. The third-order valence-corrected chi connectivity index (χ3v) is 5.51. The highest BCUT2D eigenvalue weighted by atomic mass is 16.6. The predicted molar refractivity (Wildman–Crippen MR) is 124 cm³/mol. The van der Waals surface area contributed by atoms with Crippen LogP contribution in [0.15, 0.2) is 85.3 Å². The molecule has 0 N–H and O–H groups in total. The molecule has 1 aliphatic rings. The number of hydrogen-bond donors (Lipinski definition) is 0. The first-order chi connectivity index (χ1) is 16.2. The number of amides is 1. The summed E-state index contributed by atoms with van der Waals surface area (Å²) in [5, 5.41) is 4.73. The van der Waals surface area contributed by atoms with Gasteiger partial charge in [0.05, 0.1) is 18.7 Å². The van der Waals surface area contributed by atoms with Crippen molar-refractivity contribution in [2.45, 2.75) is 12.6 Å². The first-order valence-electron chi connectivity index (χ1n) is 10.8. The molecule has 0 unspecified atom stereocenters. The van der Waals surface area contributed by atoms with Crippen LogP contribution >= 0.6 is 0 Å². The molecule has 2 aromatic carbocycles. The lowest BCUT2D eigenvalue weighted by atomic mass is 10.1. The van der Waals surface area contributed by atoms with Crippen molar-refractivity contribution in [2.75, 3.05) is 20.2 Å². The van der Waals surface area contributed by atoms with Gasteiger partial charge < -0.3 is 14.4 Å². The van der Waals surface area contributed by atoms with E-state index in [1.807, 2.05) is 72.9 Å². The number of hydrogen-bond acceptors (Lipinski definition) is 5. The molecule has 166 valence electrons. The molecular weight excluding hydrogens is 416 g/mol. The normalized spacial score (nSPS) is 14.6. The fraction of sp³-hybridized carbons (Fsp3) is 0.192. The topological polar surface area (TPSA) is 69.5 Å². The van der Waals surface area contributed by atoms with E-state index in [1.54, 1.807) is 29.0 Å². The molecule has 2 aromatic heterocycles. The van der Waals surface area contributed by atoms with Gasteiger partial charge in [-0.05, 0) is 29.8 Å². The molecule has 0 fully saturated rings. The van der Waals surface area contributed by atoms with E-state index in [9.17, 15) is 4.79 Å². The number of nitrogens with zero attached hydrogens (tertiary/aromatic N) is 4. The minimum atomic E-state index is -0.255. The number of pyridine rings is 1. The van der Waals surface area contributed by atoms with Gasteiger partial charge in [0.2, 0.25) is 0 Å². The molecule has 0 spiro atoms. The summed E-state index contributed by atoms with van der Waals surface area (Å²) in [6.45, 7) is 1.35. The van der Waals surface area contributed by atoms with E-state index >= 15 is 0 Å². The number of aromatic nitrogens is 3. The van der Waals surface area contributed by atoms with Crippen LogP contribution in [-0.4, -0.2) is 51.9 Å². The van der Waals surface area contributed by atoms with E-state index < -0.39 is 0 Å². The second kappa shape index (κ2) is 9.16. The zero-order valence-electron chi connectivity index (χ0n) is 18.3. The minimum absolute atomic E-state index is 0.129. The molecule has 4 aromatic rings. The SMILES string of the molecule is CN(C[C@H]1COc2ccccc2O1)C(=O)c1cn(Cc2ccccc2)nc1-c1cccnc1. The summed E-state index contributed by atoms with van der Waals surface area (Å²) in [4.78, 5) is 19.3. The van der Waals surface area contributed by atoms with Crippen molar-refractivity contribution in [3.8, 4) is 22.8 Å². The van der Waals surface area contributed by atoms with Crippen molar-refractivity contribution in [3.05, 3.63) is 96.4 Å². The zero-order chi connectivity index (χ0) is 22.6. The lowest BCUT2D eigenvalue weighted by molar-refractivity contribution is 0.0521. The Balaban J connectivity index is 1.38. The lowest BCUT2D eigenvalue weighted by Crippen LogP contribution is -2.41. The summed E-state index contributed by atoms with van der Waals surface area (Å²) in [6.07, 6.45) is 4.98. The van der Waals surface area contributed by atoms with Gasteiger partial charge in [0.15, 0.2) is 17.6 Å². The van der Waals surface area contributed by atoms with Gasteiger partial charge in [0.1, 0.15) is 12.3 Å². The van der Waals surface area contributed by atoms with Crippen molar-refractivity contribution in [1.29, 1.82) is 0 Å². The highest BCUT2D eigenvalue weighted by molar-refractivity contribution is 5.99. The summed E-state index contributed by atoms with van der Waals surface area (Å²) in [7, 11) is 1.77. The summed E-state index contributed by atoms with van der Waals surface area (Å²) in [6, 6.07) is 21.4. The van der Waals surface area contributed by atoms with Crippen LogP contribution in [0.3, 0.4) is 0 Å². The van der Waals surface area contributed by atoms with Crippen molar-refractivity contribution in [2.24, 2.45) is 0 Å². The molecular formula is C26H24N4O3. The number of carbonyl (C=O) groups excluding carboxylic acids is 1. The van der Waals surface area contributed by atoms with E-state index in [-0.39, 0.29) is 12.0 Å². The molecule has 0 radical (unpaired) electrons. The Labute approximate surface area is 192 Å². The van der Waals surface area contributed by atoms with Crippen LogP contribution in [-0.2, 0) is 6.54 Å². The Hall–Kier alpha value is -4.13. The summed E-state index contributed by atoms with van der Waals surface area (Å²) in [5.74, 6) is 1.29. The van der Waals surface area contributed by atoms with Crippen LogP contribution < -0.4 is 9.47 Å². The monoisotopic (exact) mass is 440 g/mol. The highest BCUT2D eigenvalue weighted by Crippen LogP contribution is 2.31. The number of rotatable bonds is 6. The molecule has 1 atom stereocenters. The van der Waals surface area contributed by atoms with Crippen molar-refractivity contribution >= 4 is 5.91 Å². The van der Waals surface area contributed by atoms with Crippen LogP contribution in [0.2, 0.25) is 0 Å². The number of benzene rings is 2. The van der Waals surface area contributed by atoms with Gasteiger partial charge in [-0.3, -0.25) is 14.5 Å². The third-order valence-electron chi connectivity index (χ3n) is 5.51. The summed E-state index contributed by atoms with van der Waals surface area (Å²) in [5.41, 5.74) is 3.05. The molecule has 0 saturated heterocycles. The Bertz CT molecular complexity index is 1240. The van der Waals surface area contributed by atoms with E-state index in [2.05, 4.69) is 4.98 Å². The second-order valence-corrected chi connectivity index (χ2v) is 8.00. The fourth-order valence-electron chi connectivity index (χ4n) is 3.89. The number of likely N-dealkylation sites (N-methyl/N-ethyl adjacent to an activating group) is 1. The quantitative estimate of drug-likeness (QED) is 0.455. The first-order valence-corrected chi connectivity index (χ1v) is 10.8. The molecule has 3 heterocycles. The van der Waals surface area contributed by atoms with Crippen LogP contribution in [0.4, 0.5) is 0 Å². The van der Waals surface area contributed by atoms with Crippen molar-refractivity contribution in [1.82, 2.24) is 19.7 Å². The maximum absolute atomic E-state index is 13.5. The van der Waals surface area contributed by atoms with Crippen LogP contribution in [0.25, 0.3) is 11.3 Å². The zero-order valence-corrected chi connectivity index (χ0v) is 18.3. The van der Waals surface area contributed by atoms with Gasteiger partial charge in [-0.15, -0.1) is 0 Å². The minimum Gasteiger partial charge on any atom is -0.486 e. The number of para-hydroxylation sites is 2. The van der Waals surface area contributed by atoms with Gasteiger partial charge in [-0.2, -0.15) is 5.10 Å². The molecule has 0 bridgehead atoms. The average Bonchev–Trinajstić information content (AvgIpc) is 3.28. The molecule has 7 heteroatoms. The van der Waals surface area contributed by atoms with Gasteiger partial charge >= 0.3 is 0 Å². The molecule has 7 nitrogen and oxygen atoms in total. The number of fused-ring (bicyclic) bond motifs is 1. The van der Waals surface area contributed by atoms with E-state index in [4.69, 9.17) is 14.6 Å². The lowest BCUT2D eigenvalue weighted by Gasteiger charge is -2.29. The average molecular weight is 441 g/mol. The number of ether oxygens (including phenoxy) is 2. The molecule has 1 amide bonds. The van der Waals surface area contributed by atoms with Crippen LogP contribution in [0.1, 0.15) is 15.9 Å². The van der Waals surface area contributed by atoms with E-state index in [0.717, 1.165) is 16.9 Å². The van der Waals surface area contributed by atoms with E-state index in [1.165, 1.54) is 0 Å². The molecule has 1 aliphatic heterocycles. The molecule has 33 heavy (non-hydrogen) atoms. The Kier molecular flexibility index (Phi) is 5.76. The van der Waals surface area contributed by atoms with Crippen LogP contribution in [0.5, 0.6) is 11.5 Å². The van der Waals surface area contributed by atoms with Crippen molar-refractivity contribution in [3.63, 3.8) is 0 Å². The summed E-state index contributed by atoms with van der Waals surface area (Å²) < 4.78 is 13.6. The first kappa shape index (κ1) is 20.8. The fourth-order valence-corrected chi connectivity index (χ4v) is 3.89. The van der Waals surface area contributed by atoms with Gasteiger partial charge in [-0.25, -0.2) is 0 Å². The Morgan fingerprint density at radius 2 is 1.85 bits per heavy atom. The number of carbonyl (C=O) groups is 1. The summed E-state index contributed by atoms with van der Waals surface area (Å²) >= 11 is 0. The van der Waals surface area contributed by atoms with Crippen LogP contribution in [0, 0.1) is 0 Å². The second-order valence-electron chi connectivity index (χ2n) is 8.00. The molecule has 5 rings (SSSR count). The van der Waals surface area contributed by atoms with E-state index in [0.29, 0.717) is 36.7 Å². The van der Waals surface area contributed by atoms with Gasteiger partial charge in [-0.1, -0.05) is 42.5 Å². The van der Waals surface area contributed by atoms with Crippen molar-refractivity contribution < 1.29 is 14.3 Å². The molecule has 0 saturated carbocycles. The predicted octanol–water partition coefficient (Wildman–Crippen LogP) is 3.91. The smallest absolute Gasteiger partial charge is 0.257 e. The molecule has 0 aliphatic carbocycles. The Morgan fingerprint density at radius 1 is 1.06 bits per heavy atom. The Morgan fingerprint density at radius 3 is 2.64 bits per heavy atom. The third kappa shape index (κ3) is 4.57. The van der Waals surface area contributed by atoms with Gasteiger partial charge in [0.25, 0.3) is 5.91 Å². The largest absolute Gasteiger partial charge is 0.486 e. The maximum atomic E-state index is 13.5. The maximum Gasteiger partial charge on any atom is 0.257 e.